The van der Waals surface area contributed by atoms with Crippen molar-refractivity contribution in [2.45, 2.75) is 17.9 Å². The summed E-state index contributed by atoms with van der Waals surface area (Å²) in [5, 5.41) is 11.8. The average molecular weight is 214 g/mol. The molecular weight excluding hydrogens is 202 g/mol. The molecule has 0 radical (unpaired) electrons. The molecule has 0 amide bonds. The molecule has 0 saturated carbocycles. The molecule has 0 aliphatic rings. The van der Waals surface area contributed by atoms with E-state index in [0.29, 0.717) is 0 Å². The number of aliphatic hydroxyl groups is 1. The molecule has 2 unspecified atom stereocenters. The highest BCUT2D eigenvalue weighted by Gasteiger charge is 1.99. The molecule has 2 N–H and O–H groups in total. The first-order valence-corrected chi connectivity index (χ1v) is 5.27. The van der Waals surface area contributed by atoms with Gasteiger partial charge in [0.1, 0.15) is 0 Å². The highest BCUT2D eigenvalue weighted by atomic mass is 32.2. The Morgan fingerprint density at radius 2 is 2.07 bits per heavy atom. The molecule has 1 aromatic carbocycles. The van der Waals surface area contributed by atoms with Gasteiger partial charge in [-0.05, 0) is 42.3 Å². The number of hydrogen-bond acceptors (Lipinski definition) is 4. The van der Waals surface area contributed by atoms with Gasteiger partial charge in [-0.2, -0.15) is 0 Å². The van der Waals surface area contributed by atoms with Crippen LogP contribution in [0.15, 0.2) is 29.2 Å². The number of aliphatic hydroxyl groups excluding tert-OH is 1. The van der Waals surface area contributed by atoms with Crippen LogP contribution < -0.4 is 5.32 Å². The molecule has 5 heteroatoms. The van der Waals surface area contributed by atoms with Gasteiger partial charge in [-0.15, -0.1) is 0 Å². The monoisotopic (exact) mass is 214 g/mol. The van der Waals surface area contributed by atoms with Crippen molar-refractivity contribution in [3.8, 4) is 0 Å². The summed E-state index contributed by atoms with van der Waals surface area (Å²) in [6.45, 7) is 1.87. The van der Waals surface area contributed by atoms with Gasteiger partial charge in [0.2, 0.25) is 0 Å². The summed E-state index contributed by atoms with van der Waals surface area (Å²) in [7, 11) is 0. The topological polar surface area (TPSA) is 72.4 Å². The van der Waals surface area contributed by atoms with E-state index in [2.05, 4.69) is 5.32 Å². The first-order chi connectivity index (χ1) is 6.63. The lowest BCUT2D eigenvalue weighted by atomic mass is 10.3. The van der Waals surface area contributed by atoms with E-state index in [0.717, 1.165) is 5.69 Å². The molecule has 0 aliphatic heterocycles. The third kappa shape index (κ3) is 3.10. The van der Waals surface area contributed by atoms with Crippen molar-refractivity contribution in [3.63, 3.8) is 0 Å². The minimum atomic E-state index is -2.18. The second-order valence-corrected chi connectivity index (χ2v) is 3.93. The van der Waals surface area contributed by atoms with E-state index in [1.165, 1.54) is 12.1 Å². The van der Waals surface area contributed by atoms with Crippen LogP contribution in [0.1, 0.15) is 6.92 Å². The van der Waals surface area contributed by atoms with Gasteiger partial charge in [0.05, 0.1) is 6.61 Å². The van der Waals surface area contributed by atoms with E-state index >= 15 is 0 Å². The fourth-order valence-electron chi connectivity index (χ4n) is 0.992. The lowest BCUT2D eigenvalue weighted by Gasteiger charge is -2.13. The minimum Gasteiger partial charge on any atom is -0.768 e. The predicted octanol–water partition coefficient (Wildman–Crippen LogP) is 0.717. The Bertz CT molecular complexity index is 312. The third-order valence-corrected chi connectivity index (χ3v) is 2.39. The molecule has 2 atom stereocenters. The van der Waals surface area contributed by atoms with Gasteiger partial charge in [-0.1, -0.05) is 0 Å². The summed E-state index contributed by atoms with van der Waals surface area (Å²) in [4.78, 5) is 0.257. The predicted molar refractivity (Wildman–Crippen MR) is 53.8 cm³/mol. The molecule has 0 bridgehead atoms. The van der Waals surface area contributed by atoms with Crippen LogP contribution in [-0.4, -0.2) is 26.5 Å². The molecular formula is C9H12NO3S-. The third-order valence-electron chi connectivity index (χ3n) is 1.73. The lowest BCUT2D eigenvalue weighted by Crippen LogP contribution is -2.19. The summed E-state index contributed by atoms with van der Waals surface area (Å²) in [6.07, 6.45) is 0. The average Bonchev–Trinajstić information content (AvgIpc) is 2.18. The maximum absolute atomic E-state index is 10.5. The Morgan fingerprint density at radius 3 is 2.50 bits per heavy atom. The Balaban J connectivity index is 2.68. The number of hydrogen-bond donors (Lipinski definition) is 2. The van der Waals surface area contributed by atoms with Gasteiger partial charge in [0.15, 0.2) is 0 Å². The van der Waals surface area contributed by atoms with Gasteiger partial charge >= 0.3 is 0 Å². The molecule has 0 spiro atoms. The molecule has 14 heavy (non-hydrogen) atoms. The second kappa shape index (κ2) is 5.09. The van der Waals surface area contributed by atoms with Gasteiger partial charge < -0.3 is 15.0 Å². The van der Waals surface area contributed by atoms with Crippen LogP contribution in [0.4, 0.5) is 5.69 Å². The van der Waals surface area contributed by atoms with Crippen molar-refractivity contribution >= 4 is 16.8 Å². The van der Waals surface area contributed by atoms with E-state index in [1.54, 1.807) is 12.1 Å². The molecule has 0 aliphatic carbocycles. The molecule has 0 saturated heterocycles. The first kappa shape index (κ1) is 11.2. The van der Waals surface area contributed by atoms with Crippen LogP contribution in [0, 0.1) is 0 Å². The molecule has 1 aromatic rings. The second-order valence-electron chi connectivity index (χ2n) is 2.99. The Hall–Kier alpha value is -0.910. The van der Waals surface area contributed by atoms with Crippen LogP contribution in [0.25, 0.3) is 0 Å². The Labute approximate surface area is 85.2 Å². The maximum atomic E-state index is 10.5. The number of benzene rings is 1. The van der Waals surface area contributed by atoms with E-state index in [1.807, 2.05) is 6.92 Å². The van der Waals surface area contributed by atoms with Crippen LogP contribution in [0.3, 0.4) is 0 Å². The summed E-state index contributed by atoms with van der Waals surface area (Å²) >= 11 is -2.18. The Morgan fingerprint density at radius 1 is 1.50 bits per heavy atom. The van der Waals surface area contributed by atoms with E-state index in [9.17, 15) is 8.76 Å². The molecule has 0 aromatic heterocycles. The van der Waals surface area contributed by atoms with Gasteiger partial charge in [0, 0.05) is 16.6 Å². The van der Waals surface area contributed by atoms with Crippen LogP contribution in [0.5, 0.6) is 0 Å². The maximum Gasteiger partial charge on any atom is 0.0630 e. The Kier molecular flexibility index (Phi) is 4.06. The van der Waals surface area contributed by atoms with E-state index in [4.69, 9.17) is 5.11 Å². The number of nitrogens with one attached hydrogen (secondary N) is 1. The molecule has 78 valence electrons. The van der Waals surface area contributed by atoms with Gasteiger partial charge in [-0.25, -0.2) is 0 Å². The summed E-state index contributed by atoms with van der Waals surface area (Å²) in [5.41, 5.74) is 0.792. The standard InChI is InChI=1S/C9H13NO3S/c1-7(6-11)10-8-2-4-9(5-3-8)14(12)13/h2-5,7,10-11H,6H2,1H3,(H,12,13)/p-1. The first-order valence-electron chi connectivity index (χ1n) is 4.20. The SMILES string of the molecule is CC(CO)Nc1ccc(S(=O)[O-])cc1. The smallest absolute Gasteiger partial charge is 0.0630 e. The fourth-order valence-corrected chi connectivity index (χ4v) is 1.35. The normalized spacial score (nSPS) is 14.8. The van der Waals surface area contributed by atoms with Crippen LogP contribution in [0.2, 0.25) is 0 Å². The zero-order chi connectivity index (χ0) is 10.6. The number of anilines is 1. The van der Waals surface area contributed by atoms with Crippen molar-refractivity contribution < 1.29 is 13.9 Å². The van der Waals surface area contributed by atoms with E-state index in [-0.39, 0.29) is 17.5 Å². The minimum absolute atomic E-state index is 0.0369. The molecule has 1 rings (SSSR count). The lowest BCUT2D eigenvalue weighted by molar-refractivity contribution is 0.281. The molecule has 0 fully saturated rings. The summed E-state index contributed by atoms with van der Waals surface area (Å²) < 4.78 is 21.1. The van der Waals surface area contributed by atoms with Gasteiger partial charge in [-0.3, -0.25) is 4.21 Å². The highest BCUT2D eigenvalue weighted by molar-refractivity contribution is 7.79. The van der Waals surface area contributed by atoms with Crippen molar-refractivity contribution in [2.75, 3.05) is 11.9 Å². The summed E-state index contributed by atoms with van der Waals surface area (Å²) in [6, 6.07) is 6.30. The van der Waals surface area contributed by atoms with Crippen LogP contribution in [-0.2, 0) is 11.1 Å². The van der Waals surface area contributed by atoms with Crippen molar-refractivity contribution in [1.82, 2.24) is 0 Å². The van der Waals surface area contributed by atoms with Crippen molar-refractivity contribution in [3.05, 3.63) is 24.3 Å². The zero-order valence-corrected chi connectivity index (χ0v) is 8.58. The number of rotatable bonds is 4. The summed E-state index contributed by atoms with van der Waals surface area (Å²) in [5.74, 6) is 0. The largest absolute Gasteiger partial charge is 0.768 e. The van der Waals surface area contributed by atoms with Crippen LogP contribution >= 0.6 is 0 Å². The zero-order valence-electron chi connectivity index (χ0n) is 7.77. The highest BCUT2D eigenvalue weighted by Crippen LogP contribution is 2.12. The molecule has 4 nitrogen and oxygen atoms in total. The van der Waals surface area contributed by atoms with Crippen molar-refractivity contribution in [1.29, 1.82) is 0 Å². The fraction of sp³-hybridized carbons (Fsp3) is 0.333. The molecule has 0 heterocycles. The quantitative estimate of drug-likeness (QED) is 0.724. The van der Waals surface area contributed by atoms with Gasteiger partial charge in [0.25, 0.3) is 0 Å². The van der Waals surface area contributed by atoms with Crippen molar-refractivity contribution in [2.24, 2.45) is 0 Å². The van der Waals surface area contributed by atoms with E-state index < -0.39 is 11.1 Å².